The highest BCUT2D eigenvalue weighted by atomic mass is 15.5. The largest absolute Gasteiger partial charge is 0.267 e. The van der Waals surface area contributed by atoms with Gasteiger partial charge in [-0.05, 0) is 30.6 Å². The highest BCUT2D eigenvalue weighted by Gasteiger charge is 2.77. The Kier molecular flexibility index (Phi) is 1.24. The second kappa shape index (κ2) is 2.00. The van der Waals surface area contributed by atoms with Crippen molar-refractivity contribution in [3.8, 4) is 6.07 Å². The molecule has 0 aromatic carbocycles. The standard InChI is InChI=1S/C11H17N3/c1-9-7-14(13)11(6-12)5-8(9)3-4-10(9,11)2/h8H,3-5,7,13H2,1-2H3/t8-,9-,10+,11-/m0/s1. The minimum Gasteiger partial charge on any atom is -0.267 e. The lowest BCUT2D eigenvalue weighted by Crippen LogP contribution is -2.55. The van der Waals surface area contributed by atoms with Crippen molar-refractivity contribution in [2.75, 3.05) is 6.54 Å². The maximum Gasteiger partial charge on any atom is 0.127 e. The molecule has 3 aliphatic rings. The summed E-state index contributed by atoms with van der Waals surface area (Å²) in [6.45, 7) is 5.51. The average Bonchev–Trinajstić information content (AvgIpc) is 2.56. The number of rotatable bonds is 0. The minimum absolute atomic E-state index is 0.133. The number of hydrazine groups is 1. The highest BCUT2D eigenvalue weighted by Crippen LogP contribution is 2.74. The second-order valence-corrected chi connectivity index (χ2v) is 5.79. The molecule has 1 saturated heterocycles. The van der Waals surface area contributed by atoms with E-state index in [-0.39, 0.29) is 16.4 Å². The lowest BCUT2D eigenvalue weighted by atomic mass is 9.66. The van der Waals surface area contributed by atoms with Crippen LogP contribution in [0, 0.1) is 28.1 Å². The molecule has 14 heavy (non-hydrogen) atoms. The molecule has 0 spiro atoms. The monoisotopic (exact) mass is 191 g/mol. The van der Waals surface area contributed by atoms with Gasteiger partial charge in [0.2, 0.25) is 0 Å². The van der Waals surface area contributed by atoms with E-state index in [1.54, 1.807) is 0 Å². The van der Waals surface area contributed by atoms with Gasteiger partial charge in [0.1, 0.15) is 5.54 Å². The Labute approximate surface area is 84.8 Å². The van der Waals surface area contributed by atoms with Crippen molar-refractivity contribution in [2.45, 2.75) is 38.6 Å². The van der Waals surface area contributed by atoms with Crippen molar-refractivity contribution < 1.29 is 0 Å². The molecule has 3 nitrogen and oxygen atoms in total. The van der Waals surface area contributed by atoms with Crippen LogP contribution in [0.5, 0.6) is 0 Å². The zero-order valence-electron chi connectivity index (χ0n) is 8.88. The van der Waals surface area contributed by atoms with Gasteiger partial charge in [0.15, 0.2) is 0 Å². The molecular formula is C11H17N3. The minimum atomic E-state index is -0.356. The Morgan fingerprint density at radius 2 is 2.21 bits per heavy atom. The van der Waals surface area contributed by atoms with Gasteiger partial charge >= 0.3 is 0 Å². The number of nitrogens with zero attached hydrogens (tertiary/aromatic N) is 2. The topological polar surface area (TPSA) is 53.0 Å². The molecule has 4 atom stereocenters. The third-order valence-corrected chi connectivity index (χ3v) is 5.78. The van der Waals surface area contributed by atoms with Crippen LogP contribution in [-0.4, -0.2) is 17.1 Å². The summed E-state index contributed by atoms with van der Waals surface area (Å²) >= 11 is 0. The quantitative estimate of drug-likeness (QED) is 0.586. The Bertz CT molecular complexity index is 347. The van der Waals surface area contributed by atoms with Crippen molar-refractivity contribution >= 4 is 0 Å². The Hall–Kier alpha value is -0.590. The van der Waals surface area contributed by atoms with Crippen LogP contribution in [-0.2, 0) is 0 Å². The smallest absolute Gasteiger partial charge is 0.127 e. The van der Waals surface area contributed by atoms with Gasteiger partial charge in [0.05, 0.1) is 6.07 Å². The van der Waals surface area contributed by atoms with Crippen LogP contribution in [0.25, 0.3) is 0 Å². The van der Waals surface area contributed by atoms with Crippen LogP contribution < -0.4 is 5.84 Å². The van der Waals surface area contributed by atoms with Crippen LogP contribution in [0.1, 0.15) is 33.1 Å². The van der Waals surface area contributed by atoms with Gasteiger partial charge in [-0.3, -0.25) is 5.84 Å². The number of hydrogen-bond donors (Lipinski definition) is 1. The van der Waals surface area contributed by atoms with E-state index in [9.17, 15) is 5.26 Å². The van der Waals surface area contributed by atoms with Crippen LogP contribution in [0.4, 0.5) is 0 Å². The van der Waals surface area contributed by atoms with Gasteiger partial charge in [-0.2, -0.15) is 5.26 Å². The van der Waals surface area contributed by atoms with E-state index in [1.807, 2.05) is 5.01 Å². The second-order valence-electron chi connectivity index (χ2n) is 5.79. The predicted molar refractivity (Wildman–Crippen MR) is 52.8 cm³/mol. The van der Waals surface area contributed by atoms with Gasteiger partial charge in [0, 0.05) is 12.0 Å². The molecule has 3 fully saturated rings. The van der Waals surface area contributed by atoms with E-state index < -0.39 is 0 Å². The van der Waals surface area contributed by atoms with E-state index in [1.165, 1.54) is 12.8 Å². The Balaban J connectivity index is 2.23. The van der Waals surface area contributed by atoms with Crippen molar-refractivity contribution in [1.82, 2.24) is 5.01 Å². The van der Waals surface area contributed by atoms with Crippen LogP contribution >= 0.6 is 0 Å². The van der Waals surface area contributed by atoms with Gasteiger partial charge in [-0.15, -0.1) is 0 Å². The molecule has 0 aromatic rings. The van der Waals surface area contributed by atoms with Gasteiger partial charge in [0.25, 0.3) is 0 Å². The SMILES string of the molecule is C[C@]12CC[C@H]3C[C@@]1(C#N)N(N)C[C@@]32C. The maximum atomic E-state index is 9.44. The van der Waals surface area contributed by atoms with E-state index in [0.717, 1.165) is 18.9 Å². The highest BCUT2D eigenvalue weighted by molar-refractivity contribution is 5.34. The molecule has 1 aliphatic heterocycles. The third kappa shape index (κ3) is 0.528. The Morgan fingerprint density at radius 1 is 1.50 bits per heavy atom. The van der Waals surface area contributed by atoms with Gasteiger partial charge in [-0.1, -0.05) is 13.8 Å². The molecule has 0 unspecified atom stereocenters. The van der Waals surface area contributed by atoms with Crippen molar-refractivity contribution in [1.29, 1.82) is 5.26 Å². The van der Waals surface area contributed by atoms with Gasteiger partial charge in [-0.25, -0.2) is 5.01 Å². The Morgan fingerprint density at radius 3 is 2.71 bits per heavy atom. The summed E-state index contributed by atoms with van der Waals surface area (Å²) in [5.41, 5.74) is 0.0658. The summed E-state index contributed by atoms with van der Waals surface area (Å²) in [6, 6.07) is 2.52. The number of hydrogen-bond acceptors (Lipinski definition) is 3. The molecule has 3 heteroatoms. The summed E-state index contributed by atoms with van der Waals surface area (Å²) in [4.78, 5) is 0. The fraction of sp³-hybridized carbons (Fsp3) is 0.909. The molecule has 2 N–H and O–H groups in total. The average molecular weight is 191 g/mol. The molecular weight excluding hydrogens is 174 g/mol. The molecule has 0 amide bonds. The summed E-state index contributed by atoms with van der Waals surface area (Å²) < 4.78 is 0. The maximum absolute atomic E-state index is 9.44. The normalized spacial score (nSPS) is 60.6. The first-order valence-electron chi connectivity index (χ1n) is 5.44. The predicted octanol–water partition coefficient (Wildman–Crippen LogP) is 1.26. The molecule has 0 radical (unpaired) electrons. The van der Waals surface area contributed by atoms with Gasteiger partial charge < -0.3 is 0 Å². The molecule has 4 bridgehead atoms. The first-order chi connectivity index (χ1) is 6.50. The molecule has 2 saturated carbocycles. The summed E-state index contributed by atoms with van der Waals surface area (Å²) in [5, 5.41) is 11.3. The summed E-state index contributed by atoms with van der Waals surface area (Å²) in [7, 11) is 0. The zero-order chi connectivity index (χ0) is 10.2. The van der Waals surface area contributed by atoms with Crippen molar-refractivity contribution in [3.05, 3.63) is 0 Å². The van der Waals surface area contributed by atoms with Crippen LogP contribution in [0.15, 0.2) is 0 Å². The molecule has 76 valence electrons. The van der Waals surface area contributed by atoms with Crippen LogP contribution in [0.3, 0.4) is 0 Å². The lowest BCUT2D eigenvalue weighted by molar-refractivity contribution is 0.0722. The first kappa shape index (κ1) is 8.70. The number of nitriles is 1. The summed E-state index contributed by atoms with van der Waals surface area (Å²) in [5.74, 6) is 6.76. The van der Waals surface area contributed by atoms with Crippen molar-refractivity contribution in [2.24, 2.45) is 22.6 Å². The molecule has 1 heterocycles. The zero-order valence-corrected chi connectivity index (χ0v) is 8.88. The van der Waals surface area contributed by atoms with Crippen LogP contribution in [0.2, 0.25) is 0 Å². The molecule has 3 rings (SSSR count). The summed E-state index contributed by atoms with van der Waals surface area (Å²) in [6.07, 6.45) is 3.46. The number of piperidine rings is 1. The fourth-order valence-corrected chi connectivity index (χ4v) is 4.57. The van der Waals surface area contributed by atoms with E-state index in [0.29, 0.717) is 0 Å². The van der Waals surface area contributed by atoms with Crippen molar-refractivity contribution in [3.63, 3.8) is 0 Å². The fourth-order valence-electron chi connectivity index (χ4n) is 4.57. The lowest BCUT2D eigenvalue weighted by Gasteiger charge is -2.40. The van der Waals surface area contributed by atoms with E-state index >= 15 is 0 Å². The molecule has 2 aliphatic carbocycles. The molecule has 0 aromatic heterocycles. The van der Waals surface area contributed by atoms with E-state index in [2.05, 4.69) is 19.9 Å². The first-order valence-corrected chi connectivity index (χ1v) is 5.44. The number of nitrogens with two attached hydrogens (primary N) is 1. The third-order valence-electron chi connectivity index (χ3n) is 5.78. The van der Waals surface area contributed by atoms with E-state index in [4.69, 9.17) is 5.84 Å².